The molecule has 0 spiro atoms. The summed E-state index contributed by atoms with van der Waals surface area (Å²) in [5, 5.41) is 0. The Bertz CT molecular complexity index is 1670. The van der Waals surface area contributed by atoms with Crippen LogP contribution in [0.15, 0.2) is 72.8 Å². The van der Waals surface area contributed by atoms with Gasteiger partial charge in [0.15, 0.2) is 0 Å². The number of hydrogen-bond donors (Lipinski definition) is 0. The van der Waals surface area contributed by atoms with Crippen molar-refractivity contribution in [2.75, 3.05) is 4.90 Å². The highest BCUT2D eigenvalue weighted by Gasteiger charge is 2.45. The highest BCUT2D eigenvalue weighted by Crippen LogP contribution is 2.44. The van der Waals surface area contributed by atoms with Crippen molar-refractivity contribution in [3.63, 3.8) is 0 Å². The molecule has 2 heterocycles. The van der Waals surface area contributed by atoms with Crippen LogP contribution in [0.25, 0.3) is 0 Å². The Kier molecular flexibility index (Phi) is 5.92. The topological polar surface area (TPSA) is 12.5 Å². The Hall–Kier alpha value is -4.09. The normalized spacial score (nSPS) is 14.3. The van der Waals surface area contributed by atoms with Crippen molar-refractivity contribution in [3.8, 4) is 11.5 Å². The van der Waals surface area contributed by atoms with Gasteiger partial charge < -0.3 is 9.64 Å². The van der Waals surface area contributed by atoms with Crippen LogP contribution >= 0.6 is 0 Å². The minimum absolute atomic E-state index is 0.0328. The van der Waals surface area contributed by atoms with E-state index in [1.807, 2.05) is 6.92 Å². The van der Waals surface area contributed by atoms with Gasteiger partial charge in [-0.05, 0) is 89.0 Å². The number of halogens is 9. The van der Waals surface area contributed by atoms with Crippen LogP contribution in [-0.2, 0) is 24.9 Å². The number of aryl methyl sites for hydroxylation is 1. The molecule has 0 N–H and O–H groups in total. The van der Waals surface area contributed by atoms with Gasteiger partial charge in [-0.3, -0.25) is 0 Å². The number of benzene rings is 4. The van der Waals surface area contributed by atoms with Gasteiger partial charge in [0, 0.05) is 17.1 Å². The van der Waals surface area contributed by atoms with Gasteiger partial charge in [-0.15, -0.1) is 0 Å². The lowest BCUT2D eigenvalue weighted by Crippen LogP contribution is -2.60. The van der Waals surface area contributed by atoms with E-state index in [0.29, 0.717) is 17.6 Å². The number of anilines is 3. The Labute approximate surface area is 228 Å². The molecule has 0 radical (unpaired) electrons. The van der Waals surface area contributed by atoms with Crippen LogP contribution in [0.1, 0.15) is 29.2 Å². The molecular formula is C29H17BF9NO. The minimum Gasteiger partial charge on any atom is -0.458 e. The number of nitrogens with zero attached hydrogens (tertiary/aromatic N) is 1. The minimum atomic E-state index is -4.76. The fraction of sp³-hybridized carbons (Fsp3) is 0.172. The SMILES string of the molecule is CCc1cc2c3c(c1)N(c1ccc(C(F)(F)F)cc1)c1ccc(C(F)(F)F)cc1B3c1cc(C(F)(F)F)ccc1O2. The van der Waals surface area contributed by atoms with Crippen LogP contribution in [0.2, 0.25) is 0 Å². The first kappa shape index (κ1) is 27.1. The maximum Gasteiger partial charge on any atom is 0.416 e. The fourth-order valence-corrected chi connectivity index (χ4v) is 5.44. The first-order valence-electron chi connectivity index (χ1n) is 12.4. The summed E-state index contributed by atoms with van der Waals surface area (Å²) >= 11 is 0. The van der Waals surface area contributed by atoms with Crippen molar-refractivity contribution in [1.82, 2.24) is 0 Å². The third kappa shape index (κ3) is 4.49. The molecule has 2 aliphatic rings. The average molecular weight is 577 g/mol. The molecule has 0 fully saturated rings. The van der Waals surface area contributed by atoms with E-state index in [1.54, 1.807) is 12.1 Å². The third-order valence-electron chi connectivity index (χ3n) is 7.35. The molecule has 4 aromatic rings. The molecule has 0 saturated heterocycles. The average Bonchev–Trinajstić information content (AvgIpc) is 2.90. The lowest BCUT2D eigenvalue weighted by atomic mass is 9.34. The molecular weight excluding hydrogens is 560 g/mol. The first-order valence-corrected chi connectivity index (χ1v) is 12.4. The van der Waals surface area contributed by atoms with Crippen molar-refractivity contribution in [1.29, 1.82) is 0 Å². The van der Waals surface area contributed by atoms with E-state index in [1.165, 1.54) is 23.1 Å². The molecule has 0 bridgehead atoms. The summed E-state index contributed by atoms with van der Waals surface area (Å²) in [6.45, 7) is 0.785. The van der Waals surface area contributed by atoms with Gasteiger partial charge >= 0.3 is 18.5 Å². The van der Waals surface area contributed by atoms with Gasteiger partial charge in [0.1, 0.15) is 11.5 Å². The monoisotopic (exact) mass is 577 g/mol. The molecule has 2 aliphatic heterocycles. The summed E-state index contributed by atoms with van der Waals surface area (Å²) in [4.78, 5) is 1.52. The molecule has 4 aromatic carbocycles. The molecule has 6 rings (SSSR count). The summed E-state index contributed by atoms with van der Waals surface area (Å²) in [5.41, 5.74) is -0.965. The van der Waals surface area contributed by atoms with Gasteiger partial charge in [-0.1, -0.05) is 19.1 Å². The van der Waals surface area contributed by atoms with Crippen LogP contribution in [-0.4, -0.2) is 6.71 Å². The third-order valence-corrected chi connectivity index (χ3v) is 7.35. The summed E-state index contributed by atoms with van der Waals surface area (Å²) in [7, 11) is 0. The van der Waals surface area contributed by atoms with Crippen molar-refractivity contribution in [2.45, 2.75) is 31.9 Å². The lowest BCUT2D eigenvalue weighted by Gasteiger charge is -2.40. The molecule has 41 heavy (non-hydrogen) atoms. The van der Waals surface area contributed by atoms with Crippen LogP contribution < -0.4 is 26.0 Å². The van der Waals surface area contributed by atoms with E-state index in [9.17, 15) is 39.5 Å². The Balaban J connectivity index is 1.66. The highest BCUT2D eigenvalue weighted by atomic mass is 19.4. The van der Waals surface area contributed by atoms with Gasteiger partial charge in [-0.25, -0.2) is 0 Å². The smallest absolute Gasteiger partial charge is 0.416 e. The van der Waals surface area contributed by atoms with E-state index < -0.39 is 41.9 Å². The lowest BCUT2D eigenvalue weighted by molar-refractivity contribution is -0.138. The summed E-state index contributed by atoms with van der Waals surface area (Å²) in [6, 6.07) is 13.3. The van der Waals surface area contributed by atoms with Crippen LogP contribution in [0, 0.1) is 0 Å². The number of alkyl halides is 9. The Morgan fingerprint density at radius 2 is 1.17 bits per heavy atom. The van der Waals surface area contributed by atoms with E-state index in [2.05, 4.69) is 0 Å². The zero-order valence-corrected chi connectivity index (χ0v) is 21.0. The number of fused-ring (bicyclic) bond motifs is 4. The van der Waals surface area contributed by atoms with E-state index in [4.69, 9.17) is 4.74 Å². The second-order valence-corrected chi connectivity index (χ2v) is 9.82. The van der Waals surface area contributed by atoms with E-state index in [-0.39, 0.29) is 33.8 Å². The quantitative estimate of drug-likeness (QED) is 0.155. The summed E-state index contributed by atoms with van der Waals surface area (Å²) in [5.74, 6) is 0.317. The summed E-state index contributed by atoms with van der Waals surface area (Å²) in [6.07, 6.45) is -13.6. The number of rotatable bonds is 2. The summed E-state index contributed by atoms with van der Waals surface area (Å²) < 4.78 is 129. The molecule has 0 amide bonds. The molecule has 2 nitrogen and oxygen atoms in total. The Morgan fingerprint density at radius 3 is 1.76 bits per heavy atom. The maximum atomic E-state index is 13.9. The van der Waals surface area contributed by atoms with Gasteiger partial charge in [0.05, 0.1) is 16.7 Å². The highest BCUT2D eigenvalue weighted by molar-refractivity contribution is 6.99. The fourth-order valence-electron chi connectivity index (χ4n) is 5.44. The van der Waals surface area contributed by atoms with Crippen LogP contribution in [0.5, 0.6) is 11.5 Å². The molecule has 0 saturated carbocycles. The maximum absolute atomic E-state index is 13.9. The molecule has 0 aromatic heterocycles. The Morgan fingerprint density at radius 1 is 0.610 bits per heavy atom. The second kappa shape index (κ2) is 8.96. The molecule has 210 valence electrons. The zero-order valence-electron chi connectivity index (χ0n) is 21.0. The first-order chi connectivity index (χ1) is 19.2. The predicted octanol–water partition coefficient (Wildman–Crippen LogP) is 7.71. The standard InChI is InChI=1S/C29H17BF9NO/c1-2-15-11-23-26-25(12-15)41-24-10-6-18(29(37,38)39)14-21(24)30(26)20-13-17(28(34,35)36)5-9-22(20)40(23)19-7-3-16(4-8-19)27(31,32)33/h3-14H,2H2,1H3. The van der Waals surface area contributed by atoms with Gasteiger partial charge in [-0.2, -0.15) is 39.5 Å². The van der Waals surface area contributed by atoms with Crippen molar-refractivity contribution < 1.29 is 44.3 Å². The van der Waals surface area contributed by atoms with Gasteiger partial charge in [0.2, 0.25) is 0 Å². The van der Waals surface area contributed by atoms with Crippen LogP contribution in [0.4, 0.5) is 56.6 Å². The zero-order chi connectivity index (χ0) is 29.5. The second-order valence-electron chi connectivity index (χ2n) is 9.82. The van der Waals surface area contributed by atoms with Crippen molar-refractivity contribution in [2.24, 2.45) is 0 Å². The number of ether oxygens (including phenoxy) is 1. The van der Waals surface area contributed by atoms with Crippen LogP contribution in [0.3, 0.4) is 0 Å². The van der Waals surface area contributed by atoms with E-state index in [0.717, 1.165) is 48.0 Å². The molecule has 0 unspecified atom stereocenters. The van der Waals surface area contributed by atoms with Crippen molar-refractivity contribution in [3.05, 3.63) is 95.1 Å². The van der Waals surface area contributed by atoms with Gasteiger partial charge in [0.25, 0.3) is 6.71 Å². The predicted molar refractivity (Wildman–Crippen MR) is 137 cm³/mol. The van der Waals surface area contributed by atoms with E-state index >= 15 is 0 Å². The molecule has 0 aliphatic carbocycles. The van der Waals surface area contributed by atoms with Crippen molar-refractivity contribution >= 4 is 40.2 Å². The molecule has 12 heteroatoms. The number of hydrogen-bond acceptors (Lipinski definition) is 2. The largest absolute Gasteiger partial charge is 0.458 e. The molecule has 0 atom stereocenters.